The molecule has 1 aliphatic heterocycles. The van der Waals surface area contributed by atoms with Crippen molar-refractivity contribution in [2.45, 2.75) is 32.9 Å². The Morgan fingerprint density at radius 2 is 2.15 bits per heavy atom. The highest BCUT2D eigenvalue weighted by Gasteiger charge is 2.47. The van der Waals surface area contributed by atoms with E-state index in [1.165, 1.54) is 0 Å². The van der Waals surface area contributed by atoms with Crippen molar-refractivity contribution in [2.75, 3.05) is 33.4 Å². The average molecular weight is 287 g/mol. The van der Waals surface area contributed by atoms with Gasteiger partial charge in [-0.3, -0.25) is 4.79 Å². The Hall–Kier alpha value is -1.34. The number of nitrogens with zero attached hydrogens (tertiary/aromatic N) is 1. The van der Waals surface area contributed by atoms with Gasteiger partial charge in [-0.05, 0) is 27.8 Å². The molecule has 0 aromatic carbocycles. The summed E-state index contributed by atoms with van der Waals surface area (Å²) in [5, 5.41) is 14.6. The molecule has 0 aliphatic carbocycles. The Morgan fingerprint density at radius 1 is 1.50 bits per heavy atom. The fourth-order valence-corrected chi connectivity index (χ4v) is 1.90. The van der Waals surface area contributed by atoms with Crippen LogP contribution in [0.2, 0.25) is 0 Å². The SMILES string of the molecule is CC(C)N(C)CCNC(=O)NC1COCC1(C)C(=O)O. The van der Waals surface area contributed by atoms with Gasteiger partial charge in [-0.2, -0.15) is 0 Å². The first-order valence-electron chi connectivity index (χ1n) is 6.83. The quantitative estimate of drug-likeness (QED) is 0.645. The van der Waals surface area contributed by atoms with Crippen LogP contribution in [0.3, 0.4) is 0 Å². The molecule has 1 fully saturated rings. The Balaban J connectivity index is 2.37. The van der Waals surface area contributed by atoms with E-state index in [9.17, 15) is 14.7 Å². The zero-order valence-electron chi connectivity index (χ0n) is 12.6. The lowest BCUT2D eigenvalue weighted by molar-refractivity contribution is -0.148. The molecule has 0 aromatic rings. The minimum absolute atomic E-state index is 0.114. The lowest BCUT2D eigenvalue weighted by atomic mass is 9.85. The second-order valence-corrected chi connectivity index (χ2v) is 5.76. The van der Waals surface area contributed by atoms with E-state index in [2.05, 4.69) is 29.4 Å². The zero-order valence-corrected chi connectivity index (χ0v) is 12.6. The largest absolute Gasteiger partial charge is 0.481 e. The van der Waals surface area contributed by atoms with Crippen LogP contribution >= 0.6 is 0 Å². The summed E-state index contributed by atoms with van der Waals surface area (Å²) in [7, 11) is 1.98. The highest BCUT2D eigenvalue weighted by atomic mass is 16.5. The maximum absolute atomic E-state index is 11.8. The van der Waals surface area contributed by atoms with E-state index < -0.39 is 17.4 Å². The summed E-state index contributed by atoms with van der Waals surface area (Å²) in [6, 6.07) is -0.452. The Kier molecular flexibility index (Phi) is 5.76. The third-order valence-electron chi connectivity index (χ3n) is 3.88. The van der Waals surface area contributed by atoms with Gasteiger partial charge in [0.25, 0.3) is 0 Å². The molecule has 7 heteroatoms. The summed E-state index contributed by atoms with van der Waals surface area (Å²) < 4.78 is 5.18. The van der Waals surface area contributed by atoms with Gasteiger partial charge in [-0.1, -0.05) is 0 Å². The Morgan fingerprint density at radius 3 is 2.70 bits per heavy atom. The first-order valence-corrected chi connectivity index (χ1v) is 6.83. The van der Waals surface area contributed by atoms with Gasteiger partial charge < -0.3 is 25.4 Å². The van der Waals surface area contributed by atoms with Crippen LogP contribution in [0.25, 0.3) is 0 Å². The summed E-state index contributed by atoms with van der Waals surface area (Å²) >= 11 is 0. The lowest BCUT2D eigenvalue weighted by Gasteiger charge is -2.26. The van der Waals surface area contributed by atoms with Crippen molar-refractivity contribution < 1.29 is 19.4 Å². The minimum Gasteiger partial charge on any atom is -0.481 e. The smallest absolute Gasteiger partial charge is 0.315 e. The first-order chi connectivity index (χ1) is 9.27. The van der Waals surface area contributed by atoms with E-state index >= 15 is 0 Å². The van der Waals surface area contributed by atoms with Crippen molar-refractivity contribution in [1.82, 2.24) is 15.5 Å². The van der Waals surface area contributed by atoms with Crippen LogP contribution < -0.4 is 10.6 Å². The van der Waals surface area contributed by atoms with E-state index in [-0.39, 0.29) is 19.2 Å². The molecule has 7 nitrogen and oxygen atoms in total. The summed E-state index contributed by atoms with van der Waals surface area (Å²) in [6.07, 6.45) is 0. The van der Waals surface area contributed by atoms with Crippen LogP contribution in [0.15, 0.2) is 0 Å². The van der Waals surface area contributed by atoms with Gasteiger partial charge in [0.2, 0.25) is 0 Å². The molecule has 20 heavy (non-hydrogen) atoms. The number of aliphatic carboxylic acids is 1. The Bertz CT molecular complexity index is 362. The fourth-order valence-electron chi connectivity index (χ4n) is 1.90. The van der Waals surface area contributed by atoms with Crippen molar-refractivity contribution in [3.63, 3.8) is 0 Å². The van der Waals surface area contributed by atoms with Gasteiger partial charge in [-0.25, -0.2) is 4.79 Å². The van der Waals surface area contributed by atoms with E-state index in [0.717, 1.165) is 6.54 Å². The number of carbonyl (C=O) groups excluding carboxylic acids is 1. The van der Waals surface area contributed by atoms with E-state index in [1.807, 2.05) is 7.05 Å². The van der Waals surface area contributed by atoms with Gasteiger partial charge >= 0.3 is 12.0 Å². The molecular formula is C13H25N3O4. The third-order valence-corrected chi connectivity index (χ3v) is 3.88. The van der Waals surface area contributed by atoms with Crippen LogP contribution in [0.5, 0.6) is 0 Å². The Labute approximate surface area is 119 Å². The van der Waals surface area contributed by atoms with Crippen LogP contribution in [0.1, 0.15) is 20.8 Å². The van der Waals surface area contributed by atoms with Crippen LogP contribution in [-0.2, 0) is 9.53 Å². The summed E-state index contributed by atoms with van der Waals surface area (Å²) in [5.74, 6) is -0.958. The summed E-state index contributed by atoms with van der Waals surface area (Å²) in [4.78, 5) is 25.1. The molecule has 1 saturated heterocycles. The molecule has 2 amide bonds. The van der Waals surface area contributed by atoms with Crippen molar-refractivity contribution in [3.05, 3.63) is 0 Å². The van der Waals surface area contributed by atoms with Crippen molar-refractivity contribution in [3.8, 4) is 0 Å². The highest BCUT2D eigenvalue weighted by Crippen LogP contribution is 2.28. The topological polar surface area (TPSA) is 90.9 Å². The van der Waals surface area contributed by atoms with Gasteiger partial charge in [-0.15, -0.1) is 0 Å². The van der Waals surface area contributed by atoms with E-state index in [1.54, 1.807) is 6.92 Å². The molecule has 0 radical (unpaired) electrons. The van der Waals surface area contributed by atoms with Crippen molar-refractivity contribution >= 4 is 12.0 Å². The number of amides is 2. The molecule has 3 N–H and O–H groups in total. The van der Waals surface area contributed by atoms with Gasteiger partial charge in [0.1, 0.15) is 5.41 Å². The molecule has 1 heterocycles. The fraction of sp³-hybridized carbons (Fsp3) is 0.846. The molecule has 2 atom stereocenters. The molecule has 116 valence electrons. The average Bonchev–Trinajstić information content (AvgIpc) is 2.72. The predicted molar refractivity (Wildman–Crippen MR) is 74.7 cm³/mol. The highest BCUT2D eigenvalue weighted by molar-refractivity contribution is 5.79. The standard InChI is InChI=1S/C13H25N3O4/c1-9(2)16(4)6-5-14-12(19)15-10-7-20-8-13(10,3)11(17)18/h9-10H,5-8H2,1-4H3,(H,17,18)(H2,14,15,19). The lowest BCUT2D eigenvalue weighted by Crippen LogP contribution is -2.53. The second kappa shape index (κ2) is 6.90. The van der Waals surface area contributed by atoms with E-state index in [0.29, 0.717) is 12.6 Å². The van der Waals surface area contributed by atoms with Gasteiger partial charge in [0, 0.05) is 19.1 Å². The normalized spacial score (nSPS) is 26.0. The maximum Gasteiger partial charge on any atom is 0.315 e. The first kappa shape index (κ1) is 16.7. The predicted octanol–water partition coefficient (Wildman–Crippen LogP) is 0.116. The molecule has 0 aromatic heterocycles. The molecule has 1 aliphatic rings. The number of rotatable bonds is 6. The molecule has 1 rings (SSSR count). The van der Waals surface area contributed by atoms with Crippen molar-refractivity contribution in [1.29, 1.82) is 0 Å². The maximum atomic E-state index is 11.8. The number of urea groups is 1. The van der Waals surface area contributed by atoms with E-state index in [4.69, 9.17) is 4.74 Å². The molecule has 0 bridgehead atoms. The van der Waals surface area contributed by atoms with Gasteiger partial charge in [0.15, 0.2) is 0 Å². The number of carbonyl (C=O) groups is 2. The zero-order chi connectivity index (χ0) is 15.3. The monoisotopic (exact) mass is 287 g/mol. The molecule has 0 spiro atoms. The number of likely N-dealkylation sites (N-methyl/N-ethyl adjacent to an activating group) is 1. The number of ether oxygens (including phenoxy) is 1. The van der Waals surface area contributed by atoms with Crippen LogP contribution in [0.4, 0.5) is 4.79 Å². The number of nitrogens with one attached hydrogen (secondary N) is 2. The molecule has 0 saturated carbocycles. The van der Waals surface area contributed by atoms with Crippen molar-refractivity contribution in [2.24, 2.45) is 5.41 Å². The third kappa shape index (κ3) is 4.08. The number of carboxylic acids is 1. The van der Waals surface area contributed by atoms with Crippen LogP contribution in [-0.4, -0.2) is 67.4 Å². The number of hydrogen-bond acceptors (Lipinski definition) is 4. The van der Waals surface area contributed by atoms with Gasteiger partial charge in [0.05, 0.1) is 19.3 Å². The number of carboxylic acid groups (broad SMARTS) is 1. The summed E-state index contributed by atoms with van der Waals surface area (Å²) in [6.45, 7) is 7.33. The summed E-state index contributed by atoms with van der Waals surface area (Å²) in [5.41, 5.74) is -1.06. The second-order valence-electron chi connectivity index (χ2n) is 5.76. The number of hydrogen-bond donors (Lipinski definition) is 3. The molecular weight excluding hydrogens is 262 g/mol. The molecule has 2 unspecified atom stereocenters. The van der Waals surface area contributed by atoms with Crippen LogP contribution in [0, 0.1) is 5.41 Å². The minimum atomic E-state index is -1.06.